The highest BCUT2D eigenvalue weighted by Crippen LogP contribution is 2.26. The fraction of sp³-hybridized carbons (Fsp3) is 0.933. The monoisotopic (exact) mass is 319 g/mol. The number of carbonyl (C=O) groups is 1. The fourth-order valence-electron chi connectivity index (χ4n) is 2.76. The Labute approximate surface area is 128 Å². The van der Waals surface area contributed by atoms with E-state index in [1.807, 2.05) is 6.92 Å². The average molecular weight is 319 g/mol. The first-order chi connectivity index (χ1) is 9.53. The van der Waals surface area contributed by atoms with Gasteiger partial charge in [-0.15, -0.1) is 0 Å². The lowest BCUT2D eigenvalue weighted by atomic mass is 9.85. The van der Waals surface area contributed by atoms with Crippen LogP contribution in [0.5, 0.6) is 0 Å². The summed E-state index contributed by atoms with van der Waals surface area (Å²) in [6.45, 7) is 9.46. The summed E-state index contributed by atoms with van der Waals surface area (Å²) in [5, 5.41) is 8.89. The van der Waals surface area contributed by atoms with Crippen LogP contribution in [0.3, 0.4) is 0 Å². The van der Waals surface area contributed by atoms with E-state index >= 15 is 0 Å². The highest BCUT2D eigenvalue weighted by molar-refractivity contribution is 7.92. The number of hydrogen-bond acceptors (Lipinski definition) is 4. The maximum Gasteiger partial charge on any atom is 0.303 e. The molecule has 0 aromatic carbocycles. The Morgan fingerprint density at radius 2 is 2.00 bits per heavy atom. The van der Waals surface area contributed by atoms with Gasteiger partial charge in [0, 0.05) is 19.5 Å². The van der Waals surface area contributed by atoms with Gasteiger partial charge in [0.2, 0.25) is 0 Å². The predicted molar refractivity (Wildman–Crippen MR) is 84.1 cm³/mol. The molecule has 0 aromatic rings. The Morgan fingerprint density at radius 1 is 1.38 bits per heavy atom. The molecule has 0 bridgehead atoms. The number of sulfone groups is 1. The van der Waals surface area contributed by atoms with Crippen LogP contribution in [0.2, 0.25) is 0 Å². The van der Waals surface area contributed by atoms with E-state index in [1.54, 1.807) is 20.8 Å². The maximum absolute atomic E-state index is 12.2. The summed E-state index contributed by atoms with van der Waals surface area (Å²) in [6, 6.07) is 0. The van der Waals surface area contributed by atoms with Crippen LogP contribution in [0.1, 0.15) is 47.0 Å². The lowest BCUT2D eigenvalue weighted by Gasteiger charge is -2.35. The molecule has 1 fully saturated rings. The van der Waals surface area contributed by atoms with Gasteiger partial charge in [0.15, 0.2) is 9.84 Å². The van der Waals surface area contributed by atoms with Gasteiger partial charge in [-0.05, 0) is 52.0 Å². The quantitative estimate of drug-likeness (QED) is 0.811. The highest BCUT2D eigenvalue weighted by atomic mass is 32.2. The molecule has 1 saturated heterocycles. The molecule has 0 saturated carbocycles. The van der Waals surface area contributed by atoms with Crippen LogP contribution < -0.4 is 0 Å². The van der Waals surface area contributed by atoms with E-state index in [4.69, 9.17) is 5.11 Å². The maximum atomic E-state index is 12.2. The number of carboxylic acid groups (broad SMARTS) is 1. The number of hydrogen-bond donors (Lipinski definition) is 1. The Hall–Kier alpha value is -0.620. The largest absolute Gasteiger partial charge is 0.481 e. The third-order valence-corrected chi connectivity index (χ3v) is 7.04. The molecule has 0 aliphatic carbocycles. The predicted octanol–water partition coefficient (Wildman–Crippen LogP) is 2.02. The van der Waals surface area contributed by atoms with Crippen molar-refractivity contribution in [2.24, 2.45) is 11.8 Å². The van der Waals surface area contributed by atoms with Gasteiger partial charge < -0.3 is 10.0 Å². The molecule has 6 heteroatoms. The summed E-state index contributed by atoms with van der Waals surface area (Å²) in [6.07, 6.45) is 2.25. The molecule has 5 nitrogen and oxygen atoms in total. The number of likely N-dealkylation sites (tertiary alicyclic amines) is 1. The topological polar surface area (TPSA) is 74.7 Å². The molecule has 0 spiro atoms. The van der Waals surface area contributed by atoms with Crippen LogP contribution in [0.25, 0.3) is 0 Å². The van der Waals surface area contributed by atoms with Crippen molar-refractivity contribution in [2.75, 3.05) is 25.4 Å². The van der Waals surface area contributed by atoms with Gasteiger partial charge in [-0.1, -0.05) is 6.92 Å². The number of piperidine rings is 1. The van der Waals surface area contributed by atoms with E-state index in [9.17, 15) is 13.2 Å². The van der Waals surface area contributed by atoms with Crippen molar-refractivity contribution in [1.29, 1.82) is 0 Å². The van der Waals surface area contributed by atoms with Gasteiger partial charge in [0.25, 0.3) is 0 Å². The molecule has 1 aliphatic rings. The smallest absolute Gasteiger partial charge is 0.303 e. The van der Waals surface area contributed by atoms with Crippen molar-refractivity contribution < 1.29 is 18.3 Å². The minimum atomic E-state index is -3.09. The second-order valence-electron chi connectivity index (χ2n) is 7.21. The Morgan fingerprint density at radius 3 is 2.52 bits per heavy atom. The van der Waals surface area contributed by atoms with Crippen molar-refractivity contribution in [1.82, 2.24) is 4.90 Å². The molecule has 21 heavy (non-hydrogen) atoms. The molecule has 2 unspecified atom stereocenters. The first-order valence-corrected chi connectivity index (χ1v) is 9.34. The van der Waals surface area contributed by atoms with Crippen LogP contribution in [0.4, 0.5) is 0 Å². The first-order valence-electron chi connectivity index (χ1n) is 7.69. The van der Waals surface area contributed by atoms with E-state index in [0.717, 1.165) is 25.9 Å². The van der Waals surface area contributed by atoms with Crippen molar-refractivity contribution in [3.05, 3.63) is 0 Å². The Kier molecular flexibility index (Phi) is 6.23. The molecule has 0 amide bonds. The van der Waals surface area contributed by atoms with Crippen LogP contribution in [0.15, 0.2) is 0 Å². The van der Waals surface area contributed by atoms with Crippen molar-refractivity contribution >= 4 is 15.8 Å². The zero-order chi connectivity index (χ0) is 16.3. The van der Waals surface area contributed by atoms with Crippen molar-refractivity contribution in [2.45, 2.75) is 51.7 Å². The second kappa shape index (κ2) is 7.09. The van der Waals surface area contributed by atoms with Crippen molar-refractivity contribution in [3.63, 3.8) is 0 Å². The fourth-order valence-corrected chi connectivity index (χ4v) is 3.87. The van der Waals surface area contributed by atoms with E-state index in [2.05, 4.69) is 4.90 Å². The first kappa shape index (κ1) is 18.4. The second-order valence-corrected chi connectivity index (χ2v) is 10.1. The Bertz CT molecular complexity index is 453. The molecule has 2 atom stereocenters. The normalized spacial score (nSPS) is 23.0. The van der Waals surface area contributed by atoms with E-state index in [0.29, 0.717) is 12.5 Å². The zero-order valence-electron chi connectivity index (χ0n) is 13.6. The SMILES string of the molecule is CC(CC(=O)O)C1CCCN(CCS(=O)(=O)C(C)(C)C)C1. The molecule has 1 heterocycles. The molecule has 124 valence electrons. The molecule has 1 rings (SSSR count). The zero-order valence-corrected chi connectivity index (χ0v) is 14.4. The van der Waals surface area contributed by atoms with Crippen LogP contribution in [-0.2, 0) is 14.6 Å². The minimum Gasteiger partial charge on any atom is -0.481 e. The van der Waals surface area contributed by atoms with Crippen LogP contribution in [0, 0.1) is 11.8 Å². The van der Waals surface area contributed by atoms with Gasteiger partial charge >= 0.3 is 5.97 Å². The van der Waals surface area contributed by atoms with E-state index in [-0.39, 0.29) is 18.1 Å². The third-order valence-electron chi connectivity index (χ3n) is 4.45. The Balaban J connectivity index is 2.52. The molecular weight excluding hydrogens is 290 g/mol. The summed E-state index contributed by atoms with van der Waals surface area (Å²) in [5.41, 5.74) is 0. The minimum absolute atomic E-state index is 0.143. The number of aliphatic carboxylic acids is 1. The number of carboxylic acids is 1. The molecule has 0 radical (unpaired) electrons. The summed E-state index contributed by atoms with van der Waals surface area (Å²) in [5.74, 6) is -0.0806. The van der Waals surface area contributed by atoms with E-state index in [1.165, 1.54) is 0 Å². The van der Waals surface area contributed by atoms with Gasteiger partial charge in [-0.25, -0.2) is 8.42 Å². The number of rotatable bonds is 6. The summed E-state index contributed by atoms with van der Waals surface area (Å²) in [7, 11) is -3.09. The average Bonchev–Trinajstić information content (AvgIpc) is 2.34. The van der Waals surface area contributed by atoms with E-state index < -0.39 is 20.6 Å². The standard InChI is InChI=1S/C15H29NO4S/c1-12(10-14(17)18)13-6-5-7-16(11-13)8-9-21(19,20)15(2,3)4/h12-13H,5-11H2,1-4H3,(H,17,18). The van der Waals surface area contributed by atoms with Gasteiger partial charge in [0.05, 0.1) is 10.5 Å². The molecule has 1 N–H and O–H groups in total. The summed E-state index contributed by atoms with van der Waals surface area (Å²) in [4.78, 5) is 13.0. The molecule has 1 aliphatic heterocycles. The van der Waals surface area contributed by atoms with Crippen LogP contribution in [-0.4, -0.2) is 54.5 Å². The van der Waals surface area contributed by atoms with Crippen LogP contribution >= 0.6 is 0 Å². The van der Waals surface area contributed by atoms with Crippen molar-refractivity contribution in [3.8, 4) is 0 Å². The van der Waals surface area contributed by atoms with Gasteiger partial charge in [0.1, 0.15) is 0 Å². The molecule has 0 aromatic heterocycles. The summed E-state index contributed by atoms with van der Waals surface area (Å²) < 4.78 is 23.6. The van der Waals surface area contributed by atoms with Gasteiger partial charge in [-0.2, -0.15) is 0 Å². The summed E-state index contributed by atoms with van der Waals surface area (Å²) >= 11 is 0. The number of nitrogens with zero attached hydrogens (tertiary/aromatic N) is 1. The van der Waals surface area contributed by atoms with Gasteiger partial charge in [-0.3, -0.25) is 4.79 Å². The lowest BCUT2D eigenvalue weighted by molar-refractivity contribution is -0.138. The molecular formula is C15H29NO4S. The third kappa shape index (κ3) is 5.58. The highest BCUT2D eigenvalue weighted by Gasteiger charge is 2.31. The lowest BCUT2D eigenvalue weighted by Crippen LogP contribution is -2.42.